The summed E-state index contributed by atoms with van der Waals surface area (Å²) < 4.78 is 5.25. The minimum atomic E-state index is -1.01. The van der Waals surface area contributed by atoms with Gasteiger partial charge in [-0.25, -0.2) is 4.79 Å². The Bertz CT molecular complexity index is 1480. The molecule has 0 spiro atoms. The quantitative estimate of drug-likeness (QED) is 0.223. The van der Waals surface area contributed by atoms with E-state index >= 15 is 0 Å². The number of aryl methyl sites for hydroxylation is 1. The lowest BCUT2D eigenvalue weighted by molar-refractivity contribution is -0.132. The van der Waals surface area contributed by atoms with Crippen molar-refractivity contribution in [2.24, 2.45) is 5.92 Å². The maximum atomic E-state index is 13.2. The number of phenolic OH excluding ortho intramolecular Hbond substituents is 1. The van der Waals surface area contributed by atoms with E-state index in [1.54, 1.807) is 37.3 Å². The molecule has 218 valence electrons. The summed E-state index contributed by atoms with van der Waals surface area (Å²) in [7, 11) is 0. The molecule has 0 aliphatic carbocycles. The largest absolute Gasteiger partial charge is 0.508 e. The van der Waals surface area contributed by atoms with E-state index in [-0.39, 0.29) is 18.1 Å². The molecule has 1 heterocycles. The van der Waals surface area contributed by atoms with Crippen LogP contribution >= 0.6 is 0 Å². The van der Waals surface area contributed by atoms with Crippen molar-refractivity contribution in [1.29, 1.82) is 0 Å². The zero-order valence-corrected chi connectivity index (χ0v) is 23.7. The van der Waals surface area contributed by atoms with Crippen molar-refractivity contribution in [1.82, 2.24) is 16.0 Å². The van der Waals surface area contributed by atoms with Gasteiger partial charge in [-0.05, 0) is 61.6 Å². The van der Waals surface area contributed by atoms with E-state index in [0.29, 0.717) is 23.3 Å². The van der Waals surface area contributed by atoms with Gasteiger partial charge in [0.05, 0.1) is 0 Å². The predicted octanol–water partition coefficient (Wildman–Crippen LogP) is 2.53. The first-order chi connectivity index (χ1) is 19.3. The summed E-state index contributed by atoms with van der Waals surface area (Å²) in [6.07, 6.45) is 0.471. The second kappa shape index (κ2) is 13.6. The van der Waals surface area contributed by atoms with Gasteiger partial charge in [0.2, 0.25) is 23.6 Å². The molecule has 0 aliphatic heterocycles. The molecule has 11 heteroatoms. The fourth-order valence-electron chi connectivity index (χ4n) is 4.33. The van der Waals surface area contributed by atoms with Crippen LogP contribution < -0.4 is 26.9 Å². The maximum Gasteiger partial charge on any atom is 0.336 e. The van der Waals surface area contributed by atoms with Gasteiger partial charge in [-0.1, -0.05) is 26.0 Å². The number of anilines is 1. The van der Waals surface area contributed by atoms with E-state index in [1.807, 2.05) is 13.8 Å². The summed E-state index contributed by atoms with van der Waals surface area (Å²) in [4.78, 5) is 62.7. The lowest BCUT2D eigenvalue weighted by Crippen LogP contribution is -2.55. The first kappa shape index (κ1) is 30.9. The summed E-state index contributed by atoms with van der Waals surface area (Å²) in [5, 5.41) is 20.9. The fourth-order valence-corrected chi connectivity index (χ4v) is 4.33. The molecule has 0 saturated carbocycles. The minimum Gasteiger partial charge on any atom is -0.508 e. The van der Waals surface area contributed by atoms with Crippen molar-refractivity contribution < 1.29 is 28.7 Å². The summed E-state index contributed by atoms with van der Waals surface area (Å²) in [5.41, 5.74) is 1.68. The van der Waals surface area contributed by atoms with Crippen molar-refractivity contribution in [2.75, 3.05) is 5.32 Å². The van der Waals surface area contributed by atoms with Crippen LogP contribution in [0.2, 0.25) is 0 Å². The molecule has 0 fully saturated rings. The van der Waals surface area contributed by atoms with Gasteiger partial charge in [0.25, 0.3) is 0 Å². The Kier molecular flexibility index (Phi) is 10.2. The zero-order chi connectivity index (χ0) is 30.3. The molecule has 0 bridgehead atoms. The second-order valence-corrected chi connectivity index (χ2v) is 10.5. The molecule has 3 rings (SSSR count). The van der Waals surface area contributed by atoms with Gasteiger partial charge in [-0.3, -0.25) is 19.2 Å². The van der Waals surface area contributed by atoms with Gasteiger partial charge >= 0.3 is 5.63 Å². The van der Waals surface area contributed by atoms with Crippen LogP contribution in [-0.2, 0) is 25.6 Å². The number of aromatic hydroxyl groups is 1. The second-order valence-electron chi connectivity index (χ2n) is 10.5. The summed E-state index contributed by atoms with van der Waals surface area (Å²) in [5.74, 6) is -1.91. The molecule has 5 N–H and O–H groups in total. The van der Waals surface area contributed by atoms with Crippen molar-refractivity contribution in [2.45, 2.75) is 65.6 Å². The molecule has 41 heavy (non-hydrogen) atoms. The molecule has 0 radical (unpaired) electrons. The smallest absolute Gasteiger partial charge is 0.336 e. The topological polar surface area (TPSA) is 167 Å². The molecule has 0 saturated heterocycles. The van der Waals surface area contributed by atoms with Gasteiger partial charge in [0, 0.05) is 36.6 Å². The normalized spacial score (nSPS) is 13.2. The van der Waals surface area contributed by atoms with E-state index in [4.69, 9.17) is 4.42 Å². The van der Waals surface area contributed by atoms with Crippen LogP contribution in [0.25, 0.3) is 11.0 Å². The lowest BCUT2D eigenvalue weighted by atomic mass is 10.0. The molecule has 1 aromatic heterocycles. The van der Waals surface area contributed by atoms with Crippen LogP contribution in [0, 0.1) is 12.8 Å². The number of rotatable bonds is 11. The van der Waals surface area contributed by atoms with Crippen LogP contribution in [0.1, 0.15) is 45.2 Å². The van der Waals surface area contributed by atoms with Gasteiger partial charge in [0.1, 0.15) is 29.5 Å². The Morgan fingerprint density at radius 3 is 2.17 bits per heavy atom. The minimum absolute atomic E-state index is 0.0580. The number of carbonyl (C=O) groups excluding carboxylic acids is 4. The SMILES string of the molecule is CC(=O)N[C@@H](Cc1ccc(O)cc1)C(=O)N[C@@H](C)C(=O)N[C@@H](CC(C)C)C(=O)Nc1ccc2c(C)cc(=O)oc2c1. The third-order valence-corrected chi connectivity index (χ3v) is 6.38. The van der Waals surface area contributed by atoms with Crippen LogP contribution in [0.3, 0.4) is 0 Å². The monoisotopic (exact) mass is 564 g/mol. The first-order valence-corrected chi connectivity index (χ1v) is 13.3. The van der Waals surface area contributed by atoms with Crippen LogP contribution in [-0.4, -0.2) is 46.9 Å². The highest BCUT2D eigenvalue weighted by atomic mass is 16.4. The highest BCUT2D eigenvalue weighted by Gasteiger charge is 2.28. The molecular formula is C30H36N4O7. The van der Waals surface area contributed by atoms with Crippen molar-refractivity contribution in [3.63, 3.8) is 0 Å². The lowest BCUT2D eigenvalue weighted by Gasteiger charge is -2.24. The Balaban J connectivity index is 1.68. The predicted molar refractivity (Wildman–Crippen MR) is 154 cm³/mol. The highest BCUT2D eigenvalue weighted by Crippen LogP contribution is 2.21. The molecular weight excluding hydrogens is 528 g/mol. The van der Waals surface area contributed by atoms with E-state index in [2.05, 4.69) is 21.3 Å². The summed E-state index contributed by atoms with van der Waals surface area (Å²) in [6.45, 7) is 8.37. The number of hydrogen-bond donors (Lipinski definition) is 5. The highest BCUT2D eigenvalue weighted by molar-refractivity contribution is 6.00. The average Bonchev–Trinajstić information content (AvgIpc) is 2.88. The van der Waals surface area contributed by atoms with Gasteiger partial charge in [0.15, 0.2) is 0 Å². The number of amides is 4. The number of carbonyl (C=O) groups is 4. The third kappa shape index (κ3) is 8.92. The van der Waals surface area contributed by atoms with Gasteiger partial charge < -0.3 is 30.8 Å². The Morgan fingerprint density at radius 1 is 0.854 bits per heavy atom. The Morgan fingerprint density at radius 2 is 1.54 bits per heavy atom. The van der Waals surface area contributed by atoms with E-state index in [1.165, 1.54) is 32.0 Å². The molecule has 0 unspecified atom stereocenters. The van der Waals surface area contributed by atoms with Crippen LogP contribution in [0.5, 0.6) is 5.75 Å². The first-order valence-electron chi connectivity index (χ1n) is 13.3. The summed E-state index contributed by atoms with van der Waals surface area (Å²) in [6, 6.07) is 9.69. The molecule has 2 aromatic carbocycles. The van der Waals surface area contributed by atoms with E-state index < -0.39 is 47.4 Å². The van der Waals surface area contributed by atoms with E-state index in [9.17, 15) is 29.1 Å². The van der Waals surface area contributed by atoms with Crippen molar-refractivity contribution in [3.05, 3.63) is 70.1 Å². The molecule has 4 amide bonds. The van der Waals surface area contributed by atoms with Gasteiger partial charge in [-0.15, -0.1) is 0 Å². The number of hydrogen-bond acceptors (Lipinski definition) is 7. The van der Waals surface area contributed by atoms with Gasteiger partial charge in [-0.2, -0.15) is 0 Å². The molecule has 3 atom stereocenters. The number of fused-ring (bicyclic) bond motifs is 1. The molecule has 0 aliphatic rings. The maximum absolute atomic E-state index is 13.2. The number of phenols is 1. The van der Waals surface area contributed by atoms with Crippen molar-refractivity contribution in [3.8, 4) is 5.75 Å². The van der Waals surface area contributed by atoms with E-state index in [0.717, 1.165) is 10.9 Å². The third-order valence-electron chi connectivity index (χ3n) is 6.38. The van der Waals surface area contributed by atoms with Crippen molar-refractivity contribution >= 4 is 40.3 Å². The zero-order valence-electron chi connectivity index (χ0n) is 23.7. The Labute approximate surface area is 237 Å². The standard InChI is InChI=1S/C30H36N4O7/c1-16(2)12-24(30(40)33-21-8-11-23-17(3)13-27(37)41-26(23)15-21)34-28(38)18(4)31-29(39)25(32-19(5)35)14-20-6-9-22(36)10-7-20/h6-11,13,15-16,18,24-25,36H,12,14H2,1-5H3,(H,31,39)(H,32,35)(H,33,40)(H,34,38)/t18-,24-,25-/m0/s1. The number of nitrogens with one attached hydrogen (secondary N) is 4. The van der Waals surface area contributed by atoms with Crippen LogP contribution in [0.15, 0.2) is 57.7 Å². The van der Waals surface area contributed by atoms with Crippen LogP contribution in [0.4, 0.5) is 5.69 Å². The molecule has 3 aromatic rings. The fraction of sp³-hybridized carbons (Fsp3) is 0.367. The Hall–Kier alpha value is -4.67. The number of benzene rings is 2. The average molecular weight is 565 g/mol. The molecule has 11 nitrogen and oxygen atoms in total. The summed E-state index contributed by atoms with van der Waals surface area (Å²) >= 11 is 0.